The third-order valence-corrected chi connectivity index (χ3v) is 12.9. The molecule has 3 aromatic heterocycles. The van der Waals surface area contributed by atoms with Gasteiger partial charge in [0.2, 0.25) is 0 Å². The number of rotatable bonds is 5. The smallest absolute Gasteiger partial charge is 0.138 e. The topological polar surface area (TPSA) is 22.8 Å². The minimum absolute atomic E-state index is 0.893. The number of aromatic nitrogens is 3. The first kappa shape index (κ1) is 34.6. The van der Waals surface area contributed by atoms with E-state index >= 15 is 0 Å². The van der Waals surface area contributed by atoms with Gasteiger partial charge in [-0.1, -0.05) is 158 Å². The molecule has 0 aliphatic carbocycles. The van der Waals surface area contributed by atoms with E-state index in [9.17, 15) is 0 Å². The summed E-state index contributed by atoms with van der Waals surface area (Å²) < 4.78 is 4.70. The molecule has 0 atom stereocenters. The third-order valence-electron chi connectivity index (χ3n) is 12.9. The molecule has 0 aliphatic rings. The predicted molar refractivity (Wildman–Crippen MR) is 262 cm³/mol. The maximum atomic E-state index is 5.38. The highest BCUT2D eigenvalue weighted by atomic mass is 15.1. The van der Waals surface area contributed by atoms with Crippen LogP contribution in [0.25, 0.3) is 121 Å². The third kappa shape index (κ3) is 5.28. The normalized spacial score (nSPS) is 11.9. The Morgan fingerprint density at radius 3 is 1.44 bits per heavy atom. The second kappa shape index (κ2) is 13.6. The summed E-state index contributed by atoms with van der Waals surface area (Å²) in [4.78, 5) is 5.38. The number of hydrogen-bond donors (Lipinski definition) is 0. The van der Waals surface area contributed by atoms with Gasteiger partial charge in [-0.3, -0.25) is 4.57 Å². The maximum absolute atomic E-state index is 5.38. The molecule has 10 aromatic carbocycles. The van der Waals surface area contributed by atoms with Gasteiger partial charge >= 0.3 is 0 Å². The molecule has 0 N–H and O–H groups in total. The first-order chi connectivity index (χ1) is 30.7. The number of pyridine rings is 1. The van der Waals surface area contributed by atoms with Crippen LogP contribution in [0, 0.1) is 0 Å². The van der Waals surface area contributed by atoms with E-state index in [1.54, 1.807) is 0 Å². The molecule has 62 heavy (non-hydrogen) atoms. The summed E-state index contributed by atoms with van der Waals surface area (Å²) in [5, 5.41) is 12.6. The van der Waals surface area contributed by atoms with Gasteiger partial charge in [0.15, 0.2) is 0 Å². The minimum Gasteiger partial charge on any atom is -0.309 e. The van der Waals surface area contributed by atoms with Crippen LogP contribution in [0.15, 0.2) is 224 Å². The summed E-state index contributed by atoms with van der Waals surface area (Å²) in [6, 6.07) is 81.5. The van der Waals surface area contributed by atoms with Crippen LogP contribution < -0.4 is 0 Å². The Morgan fingerprint density at radius 1 is 0.242 bits per heavy atom. The molecule has 3 heterocycles. The molecule has 0 fully saturated rings. The lowest BCUT2D eigenvalue weighted by atomic mass is 9.92. The Kier molecular flexibility index (Phi) is 7.60. The van der Waals surface area contributed by atoms with Crippen molar-refractivity contribution in [3.63, 3.8) is 0 Å². The Hall–Kier alpha value is -8.27. The SMILES string of the molecule is c1ccc(-n2c3ccccc3c3ccc(-c4ccc5c(c4)c4ccccc4n5-c4cccc(-c5cccc(-c6ccc7c8ccccc8c8ccccc8c7c6)c5)n4)cc32)cc1. The minimum atomic E-state index is 0.893. The van der Waals surface area contributed by atoms with Crippen LogP contribution in [0.4, 0.5) is 0 Å². The Balaban J connectivity index is 0.910. The van der Waals surface area contributed by atoms with Crippen molar-refractivity contribution in [2.24, 2.45) is 0 Å². The Bertz CT molecular complexity index is 3890. The Labute approximate surface area is 358 Å². The maximum Gasteiger partial charge on any atom is 0.138 e. The highest BCUT2D eigenvalue weighted by Gasteiger charge is 2.17. The molecule has 13 rings (SSSR count). The molecule has 0 bridgehead atoms. The molecule has 0 saturated carbocycles. The van der Waals surface area contributed by atoms with E-state index in [4.69, 9.17) is 4.98 Å². The van der Waals surface area contributed by atoms with Gasteiger partial charge in [0.1, 0.15) is 5.82 Å². The summed E-state index contributed by atoms with van der Waals surface area (Å²) in [6.45, 7) is 0. The van der Waals surface area contributed by atoms with Crippen LogP contribution in [-0.2, 0) is 0 Å². The van der Waals surface area contributed by atoms with Gasteiger partial charge in [0.25, 0.3) is 0 Å². The number of nitrogens with zero attached hydrogens (tertiary/aromatic N) is 3. The van der Waals surface area contributed by atoms with Gasteiger partial charge in [-0.25, -0.2) is 4.98 Å². The predicted octanol–water partition coefficient (Wildman–Crippen LogP) is 15.7. The summed E-state index contributed by atoms with van der Waals surface area (Å²) in [5.74, 6) is 0.893. The standard InChI is InChI=1S/C59H37N3/c1-2-16-43(17-3-1)61-55-25-10-8-22-49(55)51-32-29-41(37-58(51)61)40-30-33-57-53(36-40)50-23-9-11-26-56(50)62(57)59-27-13-24-54(60-59)42-15-12-14-38(34-42)39-28-31-48-46-20-5-4-18-44(46)45-19-6-7-21-47(45)52(48)35-39/h1-37H. The van der Waals surface area contributed by atoms with E-state index in [2.05, 4.69) is 234 Å². The van der Waals surface area contributed by atoms with Crippen molar-refractivity contribution in [3.05, 3.63) is 224 Å². The molecular weight excluding hydrogens is 751 g/mol. The van der Waals surface area contributed by atoms with Crippen LogP contribution in [0.2, 0.25) is 0 Å². The van der Waals surface area contributed by atoms with E-state index in [1.165, 1.54) is 87.1 Å². The summed E-state index contributed by atoms with van der Waals surface area (Å²) in [6.07, 6.45) is 0. The van der Waals surface area contributed by atoms with Crippen LogP contribution in [0.5, 0.6) is 0 Å². The van der Waals surface area contributed by atoms with Gasteiger partial charge in [-0.15, -0.1) is 0 Å². The van der Waals surface area contributed by atoms with Crippen molar-refractivity contribution in [2.45, 2.75) is 0 Å². The van der Waals surface area contributed by atoms with Gasteiger partial charge < -0.3 is 4.57 Å². The number of hydrogen-bond acceptors (Lipinski definition) is 1. The van der Waals surface area contributed by atoms with Gasteiger partial charge in [0.05, 0.1) is 27.8 Å². The monoisotopic (exact) mass is 787 g/mol. The molecule has 3 heteroatoms. The van der Waals surface area contributed by atoms with Crippen molar-refractivity contribution in [1.29, 1.82) is 0 Å². The number of para-hydroxylation sites is 3. The first-order valence-electron chi connectivity index (χ1n) is 21.3. The lowest BCUT2D eigenvalue weighted by Gasteiger charge is -2.13. The first-order valence-corrected chi connectivity index (χ1v) is 21.3. The van der Waals surface area contributed by atoms with E-state index < -0.39 is 0 Å². The number of fused-ring (bicyclic) bond motifs is 12. The summed E-state index contributed by atoms with van der Waals surface area (Å²) in [7, 11) is 0. The molecule has 3 nitrogen and oxygen atoms in total. The molecule has 13 aromatic rings. The van der Waals surface area contributed by atoms with E-state index in [1.807, 2.05) is 0 Å². The van der Waals surface area contributed by atoms with Crippen molar-refractivity contribution in [3.8, 4) is 45.0 Å². The molecule has 0 aliphatic heterocycles. The van der Waals surface area contributed by atoms with Crippen LogP contribution in [0.1, 0.15) is 0 Å². The molecule has 288 valence electrons. The second-order valence-corrected chi connectivity index (χ2v) is 16.3. The highest BCUT2D eigenvalue weighted by molar-refractivity contribution is 6.25. The zero-order valence-electron chi connectivity index (χ0n) is 33.7. The molecule has 0 spiro atoms. The average Bonchev–Trinajstić information content (AvgIpc) is 3.86. The molecular formula is C59H37N3. The van der Waals surface area contributed by atoms with Crippen molar-refractivity contribution in [1.82, 2.24) is 14.1 Å². The molecule has 0 amide bonds. The second-order valence-electron chi connectivity index (χ2n) is 16.3. The largest absolute Gasteiger partial charge is 0.309 e. The van der Waals surface area contributed by atoms with E-state index in [0.29, 0.717) is 0 Å². The van der Waals surface area contributed by atoms with E-state index in [-0.39, 0.29) is 0 Å². The summed E-state index contributed by atoms with van der Waals surface area (Å²) >= 11 is 0. The highest BCUT2D eigenvalue weighted by Crippen LogP contribution is 2.40. The van der Waals surface area contributed by atoms with Gasteiger partial charge in [0, 0.05) is 32.8 Å². The quantitative estimate of drug-likeness (QED) is 0.159. The van der Waals surface area contributed by atoms with Crippen LogP contribution >= 0.6 is 0 Å². The zero-order valence-corrected chi connectivity index (χ0v) is 33.7. The van der Waals surface area contributed by atoms with Crippen molar-refractivity contribution < 1.29 is 0 Å². The van der Waals surface area contributed by atoms with Crippen LogP contribution in [-0.4, -0.2) is 14.1 Å². The zero-order chi connectivity index (χ0) is 40.7. The average molecular weight is 788 g/mol. The Morgan fingerprint density at radius 2 is 0.710 bits per heavy atom. The number of benzene rings is 10. The van der Waals surface area contributed by atoms with Gasteiger partial charge in [-0.2, -0.15) is 0 Å². The van der Waals surface area contributed by atoms with E-state index in [0.717, 1.165) is 33.8 Å². The van der Waals surface area contributed by atoms with Gasteiger partial charge in [-0.05, 0) is 121 Å². The van der Waals surface area contributed by atoms with Crippen LogP contribution in [0.3, 0.4) is 0 Å². The fraction of sp³-hybridized carbons (Fsp3) is 0. The van der Waals surface area contributed by atoms with Crippen molar-refractivity contribution >= 4 is 75.9 Å². The lowest BCUT2D eigenvalue weighted by Crippen LogP contribution is -1.98. The summed E-state index contributed by atoms with van der Waals surface area (Å²) in [5.41, 5.74) is 12.6. The lowest BCUT2D eigenvalue weighted by molar-refractivity contribution is 1.08. The molecule has 0 saturated heterocycles. The van der Waals surface area contributed by atoms with Crippen molar-refractivity contribution in [2.75, 3.05) is 0 Å². The fourth-order valence-electron chi connectivity index (χ4n) is 10.1. The molecule has 0 unspecified atom stereocenters. The molecule has 0 radical (unpaired) electrons. The fourth-order valence-corrected chi connectivity index (χ4v) is 10.1.